The number of hydrogen-bond acceptors (Lipinski definition) is 5. The first-order valence-electron chi connectivity index (χ1n) is 11.4. The summed E-state index contributed by atoms with van der Waals surface area (Å²) in [6, 6.07) is 7.85. The number of ether oxygens (including phenoxy) is 1. The van der Waals surface area contributed by atoms with Gasteiger partial charge in [-0.3, -0.25) is 4.79 Å². The second-order valence-electron chi connectivity index (χ2n) is 9.68. The summed E-state index contributed by atoms with van der Waals surface area (Å²) in [7, 11) is 0. The van der Waals surface area contributed by atoms with E-state index in [0.29, 0.717) is 29.0 Å². The van der Waals surface area contributed by atoms with Crippen molar-refractivity contribution in [2.45, 2.75) is 51.9 Å². The molecule has 1 N–H and O–H groups in total. The predicted octanol–water partition coefficient (Wildman–Crippen LogP) is 8.25. The summed E-state index contributed by atoms with van der Waals surface area (Å²) in [4.78, 5) is 26.6. The molecule has 2 amide bonds. The summed E-state index contributed by atoms with van der Waals surface area (Å²) in [6.07, 6.45) is -3.58. The van der Waals surface area contributed by atoms with Crippen LogP contribution in [0.5, 0.6) is 0 Å². The SMILES string of the molecule is CC(C)(C)OC(=O)N(Cc1ccc(C(/C=C(/c2cc(Cl)cc(Cl)c2)C(F)(F)F)=NO)cc1Br)C(=O)C1CC1. The number of rotatable bonds is 6. The summed E-state index contributed by atoms with van der Waals surface area (Å²) in [5.41, 5.74) is -2.01. The molecule has 0 atom stereocenters. The molecule has 1 aliphatic carbocycles. The van der Waals surface area contributed by atoms with Crippen molar-refractivity contribution >= 4 is 62.4 Å². The molecule has 204 valence electrons. The number of carbonyl (C=O) groups is 2. The van der Waals surface area contributed by atoms with E-state index in [2.05, 4.69) is 21.1 Å². The average Bonchev–Trinajstić information content (AvgIpc) is 3.61. The van der Waals surface area contributed by atoms with Crippen molar-refractivity contribution in [2.75, 3.05) is 0 Å². The lowest BCUT2D eigenvalue weighted by Gasteiger charge is -2.26. The van der Waals surface area contributed by atoms with Gasteiger partial charge in [0.15, 0.2) is 0 Å². The lowest BCUT2D eigenvalue weighted by Crippen LogP contribution is -2.41. The number of alkyl halides is 3. The van der Waals surface area contributed by atoms with Gasteiger partial charge >= 0.3 is 12.3 Å². The molecule has 0 spiro atoms. The number of hydrogen-bond donors (Lipinski definition) is 1. The molecular weight excluding hydrogens is 612 g/mol. The van der Waals surface area contributed by atoms with Gasteiger partial charge in [-0.05, 0) is 75.1 Å². The zero-order chi connectivity index (χ0) is 28.4. The quantitative estimate of drug-likeness (QED) is 0.197. The Kier molecular flexibility index (Phi) is 9.21. The largest absolute Gasteiger partial charge is 0.443 e. The van der Waals surface area contributed by atoms with Gasteiger partial charge in [-0.1, -0.05) is 56.4 Å². The standard InChI is InChI=1S/C26H24BrCl2F3N2O4/c1-25(2,3)38-24(36)34(23(35)14-4-5-14)13-16-7-6-15(10-21(16)27)22(33-37)12-20(26(30,31)32)17-8-18(28)11-19(29)9-17/h6-12,14,37H,4-5,13H2,1-3H3/b20-12-,33-22?. The molecule has 0 saturated heterocycles. The van der Waals surface area contributed by atoms with E-state index in [1.165, 1.54) is 24.3 Å². The average molecular weight is 636 g/mol. The highest BCUT2D eigenvalue weighted by Crippen LogP contribution is 2.37. The first-order chi connectivity index (χ1) is 17.6. The van der Waals surface area contributed by atoms with Crippen LogP contribution >= 0.6 is 39.1 Å². The lowest BCUT2D eigenvalue weighted by molar-refractivity contribution is -0.132. The fourth-order valence-corrected chi connectivity index (χ4v) is 4.48. The fraction of sp³-hybridized carbons (Fsp3) is 0.346. The van der Waals surface area contributed by atoms with Crippen molar-refractivity contribution in [3.8, 4) is 0 Å². The van der Waals surface area contributed by atoms with Crippen molar-refractivity contribution in [1.82, 2.24) is 4.90 Å². The van der Waals surface area contributed by atoms with Crippen molar-refractivity contribution in [1.29, 1.82) is 0 Å². The summed E-state index contributed by atoms with van der Waals surface area (Å²) in [6.45, 7) is 4.93. The molecule has 12 heteroatoms. The molecule has 0 aromatic heterocycles. The third-order valence-corrected chi connectivity index (χ3v) is 6.53. The summed E-state index contributed by atoms with van der Waals surface area (Å²) < 4.78 is 47.5. The zero-order valence-electron chi connectivity index (χ0n) is 20.6. The molecule has 0 aliphatic heterocycles. The third-order valence-electron chi connectivity index (χ3n) is 5.35. The number of oxime groups is 1. The molecule has 0 heterocycles. The number of amides is 2. The molecule has 0 unspecified atom stereocenters. The Hall–Kier alpha value is -2.56. The Morgan fingerprint density at radius 3 is 2.18 bits per heavy atom. The van der Waals surface area contributed by atoms with E-state index < -0.39 is 29.2 Å². The molecule has 38 heavy (non-hydrogen) atoms. The maximum Gasteiger partial charge on any atom is 0.417 e. The molecule has 3 rings (SSSR count). The van der Waals surface area contributed by atoms with E-state index in [4.69, 9.17) is 27.9 Å². The van der Waals surface area contributed by atoms with Crippen LogP contribution in [-0.2, 0) is 16.1 Å². The predicted molar refractivity (Wildman–Crippen MR) is 142 cm³/mol. The second kappa shape index (κ2) is 11.7. The summed E-state index contributed by atoms with van der Waals surface area (Å²) >= 11 is 15.1. The summed E-state index contributed by atoms with van der Waals surface area (Å²) in [5.74, 6) is -0.606. The number of nitrogens with zero attached hydrogens (tertiary/aromatic N) is 2. The Labute approximate surface area is 236 Å². The first-order valence-corrected chi connectivity index (χ1v) is 12.9. The Bertz CT molecular complexity index is 1280. The van der Waals surface area contributed by atoms with Crippen LogP contribution < -0.4 is 0 Å². The molecule has 2 aromatic carbocycles. The maximum absolute atomic E-state index is 13.9. The molecule has 0 radical (unpaired) electrons. The molecule has 6 nitrogen and oxygen atoms in total. The Morgan fingerprint density at radius 2 is 1.71 bits per heavy atom. The third kappa shape index (κ3) is 7.97. The highest BCUT2D eigenvalue weighted by atomic mass is 79.9. The first kappa shape index (κ1) is 30.0. The van der Waals surface area contributed by atoms with E-state index in [0.717, 1.165) is 17.0 Å². The highest BCUT2D eigenvalue weighted by molar-refractivity contribution is 9.10. The Morgan fingerprint density at radius 1 is 1.11 bits per heavy atom. The van der Waals surface area contributed by atoms with Crippen LogP contribution in [0.4, 0.5) is 18.0 Å². The number of halogens is 6. The van der Waals surface area contributed by atoms with E-state index in [1.807, 2.05) is 0 Å². The van der Waals surface area contributed by atoms with Gasteiger partial charge in [0.1, 0.15) is 11.3 Å². The number of imide groups is 1. The minimum atomic E-state index is -4.82. The van der Waals surface area contributed by atoms with Gasteiger partial charge in [0.25, 0.3) is 0 Å². The lowest BCUT2D eigenvalue weighted by atomic mass is 10.00. The number of benzene rings is 2. The minimum Gasteiger partial charge on any atom is -0.443 e. The molecule has 1 saturated carbocycles. The van der Waals surface area contributed by atoms with E-state index >= 15 is 0 Å². The topological polar surface area (TPSA) is 79.2 Å². The molecule has 2 aromatic rings. The van der Waals surface area contributed by atoms with Crippen LogP contribution in [0.3, 0.4) is 0 Å². The van der Waals surface area contributed by atoms with Crippen molar-refractivity contribution < 1.29 is 32.7 Å². The molecule has 1 aliphatic rings. The minimum absolute atomic E-state index is 0.00696. The monoisotopic (exact) mass is 634 g/mol. The number of allylic oxidation sites excluding steroid dienone is 2. The van der Waals surface area contributed by atoms with Gasteiger partial charge in [0.05, 0.1) is 12.1 Å². The van der Waals surface area contributed by atoms with Gasteiger partial charge in [0.2, 0.25) is 5.91 Å². The summed E-state index contributed by atoms with van der Waals surface area (Å²) in [5, 5.41) is 12.6. The van der Waals surface area contributed by atoms with Crippen LogP contribution in [0.1, 0.15) is 50.3 Å². The molecular formula is C26H24BrCl2F3N2O4. The van der Waals surface area contributed by atoms with E-state index in [9.17, 15) is 28.0 Å². The van der Waals surface area contributed by atoms with Gasteiger partial charge in [0, 0.05) is 26.0 Å². The van der Waals surface area contributed by atoms with Gasteiger partial charge < -0.3 is 9.94 Å². The van der Waals surface area contributed by atoms with E-state index in [-0.39, 0.29) is 39.5 Å². The van der Waals surface area contributed by atoms with Crippen molar-refractivity contribution in [3.05, 3.63) is 73.7 Å². The van der Waals surface area contributed by atoms with Crippen molar-refractivity contribution in [2.24, 2.45) is 11.1 Å². The van der Waals surface area contributed by atoms with Gasteiger partial charge in [-0.2, -0.15) is 13.2 Å². The Balaban J connectivity index is 1.95. The van der Waals surface area contributed by atoms with Crippen molar-refractivity contribution in [3.63, 3.8) is 0 Å². The molecule has 0 bridgehead atoms. The van der Waals surface area contributed by atoms with Crippen LogP contribution in [0.25, 0.3) is 5.57 Å². The maximum atomic E-state index is 13.9. The number of carbonyl (C=O) groups excluding carboxylic acids is 2. The van der Waals surface area contributed by atoms with Crippen LogP contribution in [0.2, 0.25) is 10.0 Å². The smallest absolute Gasteiger partial charge is 0.417 e. The van der Waals surface area contributed by atoms with Crippen LogP contribution in [0.15, 0.2) is 52.1 Å². The molecule has 1 fully saturated rings. The van der Waals surface area contributed by atoms with Gasteiger partial charge in [-0.15, -0.1) is 0 Å². The zero-order valence-corrected chi connectivity index (χ0v) is 23.7. The van der Waals surface area contributed by atoms with E-state index in [1.54, 1.807) is 20.8 Å². The van der Waals surface area contributed by atoms with Crippen LogP contribution in [0, 0.1) is 5.92 Å². The second-order valence-corrected chi connectivity index (χ2v) is 11.4. The van der Waals surface area contributed by atoms with Crippen LogP contribution in [-0.4, -0.2) is 39.6 Å². The normalized spacial score (nSPS) is 14.9. The fourth-order valence-electron chi connectivity index (χ4n) is 3.45. The highest BCUT2D eigenvalue weighted by Gasteiger charge is 2.38. The van der Waals surface area contributed by atoms with Gasteiger partial charge in [-0.25, -0.2) is 9.69 Å².